The molecule has 3 atom stereocenters. The second kappa shape index (κ2) is 7.74. The fourth-order valence-electron chi connectivity index (χ4n) is 2.54. The average molecular weight is 256 g/mol. The molecule has 4 nitrogen and oxygen atoms in total. The number of piperidine rings is 1. The van der Waals surface area contributed by atoms with E-state index < -0.39 is 0 Å². The second-order valence-corrected chi connectivity index (χ2v) is 5.48. The van der Waals surface area contributed by atoms with Crippen LogP contribution in [0.15, 0.2) is 0 Å². The topological polar surface area (TPSA) is 41.6 Å². The van der Waals surface area contributed by atoms with Crippen molar-refractivity contribution in [3.63, 3.8) is 0 Å². The number of ether oxygens (including phenoxy) is 1. The molecule has 0 aliphatic carbocycles. The van der Waals surface area contributed by atoms with E-state index in [4.69, 9.17) is 4.74 Å². The molecule has 4 heteroatoms. The van der Waals surface area contributed by atoms with Crippen LogP contribution in [0.1, 0.15) is 33.6 Å². The SMILES string of the molecule is CCC(C)N(CCOC)C(=O)C1CNCC(C)C1. The highest BCUT2D eigenvalue weighted by Gasteiger charge is 2.30. The van der Waals surface area contributed by atoms with Crippen LogP contribution in [0.25, 0.3) is 0 Å². The van der Waals surface area contributed by atoms with E-state index >= 15 is 0 Å². The third-order valence-corrected chi connectivity index (χ3v) is 3.86. The van der Waals surface area contributed by atoms with Gasteiger partial charge >= 0.3 is 0 Å². The standard InChI is InChI=1S/C14H28N2O2/c1-5-12(3)16(6-7-18-4)14(17)13-8-11(2)9-15-10-13/h11-13,15H,5-10H2,1-4H3. The molecule has 0 spiro atoms. The van der Waals surface area contributed by atoms with Crippen molar-refractivity contribution < 1.29 is 9.53 Å². The van der Waals surface area contributed by atoms with Crippen LogP contribution in [0.3, 0.4) is 0 Å². The Morgan fingerprint density at radius 1 is 1.50 bits per heavy atom. The van der Waals surface area contributed by atoms with Crippen molar-refractivity contribution in [3.05, 3.63) is 0 Å². The average Bonchev–Trinajstić information content (AvgIpc) is 2.38. The molecule has 3 unspecified atom stereocenters. The van der Waals surface area contributed by atoms with Gasteiger partial charge in [0.15, 0.2) is 0 Å². The molecule has 1 saturated heterocycles. The first-order valence-corrected chi connectivity index (χ1v) is 7.10. The molecule has 1 aliphatic heterocycles. The predicted molar refractivity (Wildman–Crippen MR) is 73.5 cm³/mol. The quantitative estimate of drug-likeness (QED) is 0.783. The minimum absolute atomic E-state index is 0.139. The predicted octanol–water partition coefficient (Wildman–Crippen LogP) is 1.51. The lowest BCUT2D eigenvalue weighted by Gasteiger charge is -2.35. The van der Waals surface area contributed by atoms with E-state index in [1.165, 1.54) is 0 Å². The smallest absolute Gasteiger partial charge is 0.227 e. The number of nitrogens with zero attached hydrogens (tertiary/aromatic N) is 1. The van der Waals surface area contributed by atoms with Crippen molar-refractivity contribution in [2.75, 3.05) is 33.4 Å². The third-order valence-electron chi connectivity index (χ3n) is 3.86. The van der Waals surface area contributed by atoms with E-state index in [-0.39, 0.29) is 5.92 Å². The molecule has 18 heavy (non-hydrogen) atoms. The Balaban J connectivity index is 2.62. The fraction of sp³-hybridized carbons (Fsp3) is 0.929. The highest BCUT2D eigenvalue weighted by Crippen LogP contribution is 2.19. The fourth-order valence-corrected chi connectivity index (χ4v) is 2.54. The molecule has 1 N–H and O–H groups in total. The summed E-state index contributed by atoms with van der Waals surface area (Å²) < 4.78 is 5.12. The van der Waals surface area contributed by atoms with Gasteiger partial charge in [-0.15, -0.1) is 0 Å². The minimum atomic E-state index is 0.139. The van der Waals surface area contributed by atoms with Gasteiger partial charge in [-0.2, -0.15) is 0 Å². The van der Waals surface area contributed by atoms with E-state index in [1.54, 1.807) is 7.11 Å². The highest BCUT2D eigenvalue weighted by atomic mass is 16.5. The molecule has 1 heterocycles. The number of nitrogens with one attached hydrogen (secondary N) is 1. The van der Waals surface area contributed by atoms with Crippen LogP contribution in [-0.4, -0.2) is 50.2 Å². The first-order chi connectivity index (χ1) is 8.60. The van der Waals surface area contributed by atoms with Crippen molar-refractivity contribution in [2.24, 2.45) is 11.8 Å². The van der Waals surface area contributed by atoms with E-state index in [2.05, 4.69) is 26.1 Å². The summed E-state index contributed by atoms with van der Waals surface area (Å²) in [4.78, 5) is 14.6. The maximum absolute atomic E-state index is 12.6. The van der Waals surface area contributed by atoms with Crippen LogP contribution in [0.2, 0.25) is 0 Å². The maximum atomic E-state index is 12.6. The number of hydrogen-bond donors (Lipinski definition) is 1. The Morgan fingerprint density at radius 3 is 2.78 bits per heavy atom. The highest BCUT2D eigenvalue weighted by molar-refractivity contribution is 5.79. The van der Waals surface area contributed by atoms with Gasteiger partial charge in [-0.3, -0.25) is 4.79 Å². The van der Waals surface area contributed by atoms with Crippen LogP contribution in [0, 0.1) is 11.8 Å². The Hall–Kier alpha value is -0.610. The van der Waals surface area contributed by atoms with E-state index in [1.807, 2.05) is 4.90 Å². The van der Waals surface area contributed by atoms with Gasteiger partial charge in [-0.25, -0.2) is 0 Å². The van der Waals surface area contributed by atoms with Gasteiger partial charge in [0, 0.05) is 26.2 Å². The summed E-state index contributed by atoms with van der Waals surface area (Å²) in [5.41, 5.74) is 0. The lowest BCUT2D eigenvalue weighted by Crippen LogP contribution is -2.49. The van der Waals surface area contributed by atoms with Crippen LogP contribution in [0.4, 0.5) is 0 Å². The molecular formula is C14H28N2O2. The summed E-state index contributed by atoms with van der Waals surface area (Å²) in [6.07, 6.45) is 2.00. The number of methoxy groups -OCH3 is 1. The minimum Gasteiger partial charge on any atom is -0.383 e. The molecule has 1 rings (SSSR count). The lowest BCUT2D eigenvalue weighted by molar-refractivity contribution is -0.139. The lowest BCUT2D eigenvalue weighted by atomic mass is 9.90. The van der Waals surface area contributed by atoms with Crippen molar-refractivity contribution in [1.29, 1.82) is 0 Å². The molecule has 0 bridgehead atoms. The molecule has 0 aromatic heterocycles. The van der Waals surface area contributed by atoms with E-state index in [0.717, 1.165) is 25.9 Å². The first kappa shape index (κ1) is 15.4. The van der Waals surface area contributed by atoms with Crippen LogP contribution in [0.5, 0.6) is 0 Å². The molecule has 1 aliphatic rings. The summed E-state index contributed by atoms with van der Waals surface area (Å²) in [6.45, 7) is 9.62. The summed E-state index contributed by atoms with van der Waals surface area (Å²) in [6, 6.07) is 0.296. The number of rotatable bonds is 6. The normalized spacial score (nSPS) is 25.8. The Labute approximate surface area is 111 Å². The summed E-state index contributed by atoms with van der Waals surface area (Å²) in [7, 11) is 1.68. The van der Waals surface area contributed by atoms with Gasteiger partial charge in [-0.05, 0) is 32.2 Å². The van der Waals surface area contributed by atoms with Crippen molar-refractivity contribution in [1.82, 2.24) is 10.2 Å². The second-order valence-electron chi connectivity index (χ2n) is 5.48. The van der Waals surface area contributed by atoms with Crippen LogP contribution < -0.4 is 5.32 Å². The van der Waals surface area contributed by atoms with Crippen LogP contribution in [-0.2, 0) is 9.53 Å². The molecule has 106 valence electrons. The molecule has 0 saturated carbocycles. The molecule has 0 aromatic carbocycles. The van der Waals surface area contributed by atoms with Crippen molar-refractivity contribution >= 4 is 5.91 Å². The molecule has 0 radical (unpaired) electrons. The molecule has 0 aromatic rings. The van der Waals surface area contributed by atoms with Crippen molar-refractivity contribution in [3.8, 4) is 0 Å². The van der Waals surface area contributed by atoms with Gasteiger partial charge in [0.05, 0.1) is 12.5 Å². The third kappa shape index (κ3) is 4.25. The van der Waals surface area contributed by atoms with Gasteiger partial charge in [0.1, 0.15) is 0 Å². The zero-order valence-corrected chi connectivity index (χ0v) is 12.2. The van der Waals surface area contributed by atoms with Crippen LogP contribution >= 0.6 is 0 Å². The molecular weight excluding hydrogens is 228 g/mol. The Kier molecular flexibility index (Phi) is 6.65. The van der Waals surface area contributed by atoms with Gasteiger partial charge in [0.2, 0.25) is 5.91 Å². The Bertz CT molecular complexity index is 258. The van der Waals surface area contributed by atoms with E-state index in [9.17, 15) is 4.79 Å². The number of carbonyl (C=O) groups is 1. The number of carbonyl (C=O) groups excluding carboxylic acids is 1. The van der Waals surface area contributed by atoms with E-state index in [0.29, 0.717) is 31.0 Å². The van der Waals surface area contributed by atoms with Gasteiger partial charge in [0.25, 0.3) is 0 Å². The van der Waals surface area contributed by atoms with Gasteiger partial charge in [-0.1, -0.05) is 13.8 Å². The Morgan fingerprint density at radius 2 is 2.22 bits per heavy atom. The summed E-state index contributed by atoms with van der Waals surface area (Å²) >= 11 is 0. The number of hydrogen-bond acceptors (Lipinski definition) is 3. The first-order valence-electron chi connectivity index (χ1n) is 7.10. The molecule has 1 amide bonds. The zero-order chi connectivity index (χ0) is 13.5. The maximum Gasteiger partial charge on any atom is 0.227 e. The summed E-state index contributed by atoms with van der Waals surface area (Å²) in [5.74, 6) is 1.02. The largest absolute Gasteiger partial charge is 0.383 e. The van der Waals surface area contributed by atoms with Crippen molar-refractivity contribution in [2.45, 2.75) is 39.7 Å². The monoisotopic (exact) mass is 256 g/mol. The van der Waals surface area contributed by atoms with Gasteiger partial charge < -0.3 is 15.0 Å². The zero-order valence-electron chi connectivity index (χ0n) is 12.2. The summed E-state index contributed by atoms with van der Waals surface area (Å²) in [5, 5.41) is 3.35. The number of amides is 1. The molecule has 1 fully saturated rings.